The van der Waals surface area contributed by atoms with E-state index in [2.05, 4.69) is 30.8 Å². The van der Waals surface area contributed by atoms with Gasteiger partial charge in [-0.3, -0.25) is 0 Å². The van der Waals surface area contributed by atoms with Crippen LogP contribution in [-0.2, 0) is 0 Å². The monoisotopic (exact) mass is 366 g/mol. The SMILES string of the molecule is CCCCN(c1cc(Cl)cc(C(=O)O)c1C)C1CCC(N(C)C)CC1. The van der Waals surface area contributed by atoms with Crippen LogP contribution in [0.15, 0.2) is 12.1 Å². The Labute approximate surface area is 156 Å². The van der Waals surface area contributed by atoms with Crippen LogP contribution in [0.2, 0.25) is 5.02 Å². The van der Waals surface area contributed by atoms with Crippen LogP contribution in [0.4, 0.5) is 5.69 Å². The van der Waals surface area contributed by atoms with Gasteiger partial charge in [-0.25, -0.2) is 4.79 Å². The lowest BCUT2D eigenvalue weighted by Crippen LogP contribution is -2.43. The molecule has 2 rings (SSSR count). The predicted molar refractivity (Wildman–Crippen MR) is 105 cm³/mol. The van der Waals surface area contributed by atoms with Crippen LogP contribution in [0.25, 0.3) is 0 Å². The molecular weight excluding hydrogens is 336 g/mol. The largest absolute Gasteiger partial charge is 0.478 e. The molecule has 0 bridgehead atoms. The van der Waals surface area contributed by atoms with E-state index in [0.29, 0.717) is 22.7 Å². The van der Waals surface area contributed by atoms with Gasteiger partial charge in [0.2, 0.25) is 0 Å². The number of carbonyl (C=O) groups is 1. The quantitative estimate of drug-likeness (QED) is 0.750. The summed E-state index contributed by atoms with van der Waals surface area (Å²) in [6.07, 6.45) is 6.87. The molecule has 1 saturated carbocycles. The molecule has 1 fully saturated rings. The summed E-state index contributed by atoms with van der Waals surface area (Å²) in [5.74, 6) is -0.909. The van der Waals surface area contributed by atoms with Gasteiger partial charge in [-0.05, 0) is 70.8 Å². The minimum Gasteiger partial charge on any atom is -0.478 e. The van der Waals surface area contributed by atoms with Gasteiger partial charge < -0.3 is 14.9 Å². The number of aromatic carboxylic acids is 1. The molecule has 0 saturated heterocycles. The van der Waals surface area contributed by atoms with E-state index in [1.165, 1.54) is 12.8 Å². The molecule has 0 aromatic heterocycles. The number of carboxylic acids is 1. The number of benzene rings is 1. The van der Waals surface area contributed by atoms with Gasteiger partial charge >= 0.3 is 5.97 Å². The lowest BCUT2D eigenvalue weighted by molar-refractivity contribution is 0.0696. The molecule has 0 heterocycles. The van der Waals surface area contributed by atoms with Gasteiger partial charge in [-0.15, -0.1) is 0 Å². The van der Waals surface area contributed by atoms with Crippen molar-refractivity contribution in [2.75, 3.05) is 25.5 Å². The maximum atomic E-state index is 11.6. The highest BCUT2D eigenvalue weighted by Gasteiger charge is 2.28. The van der Waals surface area contributed by atoms with Crippen LogP contribution in [-0.4, -0.2) is 48.7 Å². The highest BCUT2D eigenvalue weighted by molar-refractivity contribution is 6.31. The fourth-order valence-electron chi connectivity index (χ4n) is 3.90. The number of rotatable bonds is 7. The lowest BCUT2D eigenvalue weighted by atomic mass is 9.88. The minimum atomic E-state index is -0.909. The van der Waals surface area contributed by atoms with Gasteiger partial charge in [-0.1, -0.05) is 24.9 Å². The summed E-state index contributed by atoms with van der Waals surface area (Å²) in [7, 11) is 4.31. The molecular formula is C20H31ClN2O2. The molecule has 0 atom stereocenters. The average Bonchev–Trinajstić information content (AvgIpc) is 2.58. The van der Waals surface area contributed by atoms with Gasteiger partial charge in [0.15, 0.2) is 0 Å². The number of unbranched alkanes of at least 4 members (excludes halogenated alkanes) is 1. The number of anilines is 1. The van der Waals surface area contributed by atoms with Crippen LogP contribution in [0.1, 0.15) is 61.4 Å². The predicted octanol–water partition coefficient (Wildman–Crippen LogP) is 4.83. The van der Waals surface area contributed by atoms with Gasteiger partial charge in [0.1, 0.15) is 0 Å². The van der Waals surface area contributed by atoms with Crippen molar-refractivity contribution in [3.63, 3.8) is 0 Å². The smallest absolute Gasteiger partial charge is 0.336 e. The van der Waals surface area contributed by atoms with Crippen LogP contribution in [0.3, 0.4) is 0 Å². The third-order valence-corrected chi connectivity index (χ3v) is 5.69. The third-order valence-electron chi connectivity index (χ3n) is 5.47. The third kappa shape index (κ3) is 4.89. The van der Waals surface area contributed by atoms with Gasteiger partial charge in [0.05, 0.1) is 5.56 Å². The number of nitrogens with zero attached hydrogens (tertiary/aromatic N) is 2. The number of carboxylic acid groups (broad SMARTS) is 1. The maximum absolute atomic E-state index is 11.6. The zero-order chi connectivity index (χ0) is 18.6. The van der Waals surface area contributed by atoms with E-state index >= 15 is 0 Å². The molecule has 0 aliphatic heterocycles. The van der Waals surface area contributed by atoms with Gasteiger partial charge in [0, 0.05) is 29.3 Å². The van der Waals surface area contributed by atoms with E-state index in [1.54, 1.807) is 6.07 Å². The van der Waals surface area contributed by atoms with Crippen molar-refractivity contribution in [2.24, 2.45) is 0 Å². The molecule has 5 heteroatoms. The molecule has 1 N–H and O–H groups in total. The molecule has 1 aliphatic carbocycles. The Hall–Kier alpha value is -1.26. The molecule has 25 heavy (non-hydrogen) atoms. The van der Waals surface area contributed by atoms with Crippen molar-refractivity contribution in [1.82, 2.24) is 4.90 Å². The summed E-state index contributed by atoms with van der Waals surface area (Å²) in [5, 5.41) is 10.00. The van der Waals surface area contributed by atoms with E-state index in [9.17, 15) is 9.90 Å². The molecule has 0 amide bonds. The first-order chi connectivity index (χ1) is 11.8. The van der Waals surface area contributed by atoms with Crippen LogP contribution in [0, 0.1) is 6.92 Å². The highest BCUT2D eigenvalue weighted by atomic mass is 35.5. The zero-order valence-electron chi connectivity index (χ0n) is 15.9. The highest BCUT2D eigenvalue weighted by Crippen LogP contribution is 2.34. The Balaban J connectivity index is 2.31. The fourth-order valence-corrected chi connectivity index (χ4v) is 4.11. The molecule has 4 nitrogen and oxygen atoms in total. The molecule has 0 unspecified atom stereocenters. The Bertz CT molecular complexity index is 596. The average molecular weight is 367 g/mol. The standard InChI is InChI=1S/C20H31ClN2O2/c1-5-6-11-23(17-9-7-16(8-10-17)22(3)4)19-13-15(21)12-18(14(19)2)20(24)25/h12-13,16-17H,5-11H2,1-4H3,(H,24,25). The molecule has 0 spiro atoms. The summed E-state index contributed by atoms with van der Waals surface area (Å²) in [5.41, 5.74) is 2.13. The minimum absolute atomic E-state index is 0.311. The van der Waals surface area contributed by atoms with E-state index in [4.69, 9.17) is 11.6 Å². The second-order valence-corrected chi connectivity index (χ2v) is 7.81. The van der Waals surface area contributed by atoms with E-state index in [1.807, 2.05) is 13.0 Å². The fraction of sp³-hybridized carbons (Fsp3) is 0.650. The van der Waals surface area contributed by atoms with Crippen molar-refractivity contribution in [2.45, 2.75) is 64.5 Å². The first kappa shape index (κ1) is 20.1. The van der Waals surface area contributed by atoms with E-state index in [0.717, 1.165) is 43.5 Å². The summed E-state index contributed by atoms with van der Waals surface area (Å²) < 4.78 is 0. The Kier molecular flexibility index (Phi) is 7.14. The number of hydrogen-bond donors (Lipinski definition) is 1. The van der Waals surface area contributed by atoms with E-state index < -0.39 is 5.97 Å². The van der Waals surface area contributed by atoms with Gasteiger partial charge in [-0.2, -0.15) is 0 Å². The van der Waals surface area contributed by atoms with Crippen molar-refractivity contribution < 1.29 is 9.90 Å². The Morgan fingerprint density at radius 3 is 2.32 bits per heavy atom. The van der Waals surface area contributed by atoms with Crippen LogP contribution in [0.5, 0.6) is 0 Å². The molecule has 140 valence electrons. The zero-order valence-corrected chi connectivity index (χ0v) is 16.6. The lowest BCUT2D eigenvalue weighted by Gasteiger charge is -2.41. The van der Waals surface area contributed by atoms with Crippen molar-refractivity contribution in [1.29, 1.82) is 0 Å². The second-order valence-electron chi connectivity index (χ2n) is 7.38. The van der Waals surface area contributed by atoms with Gasteiger partial charge in [0.25, 0.3) is 0 Å². The summed E-state index contributed by atoms with van der Waals surface area (Å²) >= 11 is 6.25. The summed E-state index contributed by atoms with van der Waals surface area (Å²) in [4.78, 5) is 16.3. The van der Waals surface area contributed by atoms with Crippen LogP contribution >= 0.6 is 11.6 Å². The first-order valence-electron chi connectivity index (χ1n) is 9.31. The molecule has 1 aliphatic rings. The molecule has 1 aromatic rings. The Morgan fingerprint density at radius 2 is 1.80 bits per heavy atom. The van der Waals surface area contributed by atoms with Crippen molar-refractivity contribution >= 4 is 23.3 Å². The van der Waals surface area contributed by atoms with Crippen molar-refractivity contribution in [3.05, 3.63) is 28.3 Å². The van der Waals surface area contributed by atoms with Crippen molar-refractivity contribution in [3.8, 4) is 0 Å². The maximum Gasteiger partial charge on any atom is 0.336 e. The topological polar surface area (TPSA) is 43.8 Å². The van der Waals surface area contributed by atoms with E-state index in [-0.39, 0.29) is 0 Å². The number of hydrogen-bond acceptors (Lipinski definition) is 3. The summed E-state index contributed by atoms with van der Waals surface area (Å²) in [6, 6.07) is 4.61. The normalized spacial score (nSPS) is 20.7. The summed E-state index contributed by atoms with van der Waals surface area (Å²) in [6.45, 7) is 5.04. The molecule has 0 radical (unpaired) electrons. The Morgan fingerprint density at radius 1 is 1.20 bits per heavy atom. The van der Waals surface area contributed by atoms with Crippen LogP contribution < -0.4 is 4.90 Å². The second kappa shape index (κ2) is 8.91. The number of halogens is 1. The first-order valence-corrected chi connectivity index (χ1v) is 9.69. The molecule has 1 aromatic carbocycles.